The number of hydrogen-bond donors (Lipinski definition) is 2. The third-order valence-corrected chi connectivity index (χ3v) is 3.74. The Morgan fingerprint density at radius 1 is 1.53 bits per heavy atom. The predicted molar refractivity (Wildman–Crippen MR) is 75.9 cm³/mol. The molecule has 0 radical (unpaired) electrons. The van der Waals surface area contributed by atoms with E-state index in [0.717, 1.165) is 31.6 Å². The molecule has 1 fully saturated rings. The second-order valence-electron chi connectivity index (χ2n) is 5.06. The normalized spacial score (nSPS) is 20.4. The first-order chi connectivity index (χ1) is 9.33. The van der Waals surface area contributed by atoms with E-state index in [9.17, 15) is 0 Å². The summed E-state index contributed by atoms with van der Waals surface area (Å²) < 4.78 is 10.9. The van der Waals surface area contributed by atoms with Gasteiger partial charge in [-0.1, -0.05) is 12.1 Å². The van der Waals surface area contributed by atoms with E-state index in [1.807, 2.05) is 18.2 Å². The van der Waals surface area contributed by atoms with Gasteiger partial charge in [-0.05, 0) is 49.8 Å². The molecule has 1 aromatic carbocycles. The van der Waals surface area contributed by atoms with Gasteiger partial charge in [-0.2, -0.15) is 0 Å². The number of nitrogens with two attached hydrogens (primary N) is 1. The van der Waals surface area contributed by atoms with Crippen molar-refractivity contribution in [2.24, 2.45) is 5.84 Å². The van der Waals surface area contributed by atoms with Crippen LogP contribution in [0.15, 0.2) is 24.3 Å². The Labute approximate surface area is 115 Å². The fourth-order valence-electron chi connectivity index (χ4n) is 2.63. The van der Waals surface area contributed by atoms with E-state index >= 15 is 0 Å². The van der Waals surface area contributed by atoms with Crippen LogP contribution in [0.3, 0.4) is 0 Å². The molecule has 2 rings (SSSR count). The second-order valence-corrected chi connectivity index (χ2v) is 5.06. The van der Waals surface area contributed by atoms with E-state index in [1.54, 1.807) is 7.11 Å². The fraction of sp³-hybridized carbons (Fsp3) is 0.600. The van der Waals surface area contributed by atoms with Gasteiger partial charge in [-0.15, -0.1) is 0 Å². The van der Waals surface area contributed by atoms with Gasteiger partial charge < -0.3 is 9.47 Å². The summed E-state index contributed by atoms with van der Waals surface area (Å²) in [6.07, 6.45) is 6.14. The fourth-order valence-corrected chi connectivity index (χ4v) is 2.63. The molecule has 0 spiro atoms. The summed E-state index contributed by atoms with van der Waals surface area (Å²) in [5.74, 6) is 6.54. The highest BCUT2D eigenvalue weighted by molar-refractivity contribution is 5.30. The Morgan fingerprint density at radius 3 is 3.11 bits per heavy atom. The van der Waals surface area contributed by atoms with Gasteiger partial charge in [-0.3, -0.25) is 11.3 Å². The average Bonchev–Trinajstić information content (AvgIpc) is 2.97. The van der Waals surface area contributed by atoms with E-state index < -0.39 is 0 Å². The van der Waals surface area contributed by atoms with Crippen LogP contribution in [0.4, 0.5) is 0 Å². The third-order valence-electron chi connectivity index (χ3n) is 3.74. The smallest absolute Gasteiger partial charge is 0.119 e. The van der Waals surface area contributed by atoms with E-state index in [1.165, 1.54) is 18.4 Å². The molecule has 1 heterocycles. The topological polar surface area (TPSA) is 56.5 Å². The Kier molecular flexibility index (Phi) is 5.63. The lowest BCUT2D eigenvalue weighted by Gasteiger charge is -2.18. The minimum Gasteiger partial charge on any atom is -0.497 e. The van der Waals surface area contributed by atoms with Crippen LogP contribution in [0.25, 0.3) is 0 Å². The van der Waals surface area contributed by atoms with Crippen LogP contribution >= 0.6 is 0 Å². The van der Waals surface area contributed by atoms with E-state index in [2.05, 4.69) is 11.5 Å². The maximum Gasteiger partial charge on any atom is 0.119 e. The van der Waals surface area contributed by atoms with Crippen molar-refractivity contribution in [3.63, 3.8) is 0 Å². The van der Waals surface area contributed by atoms with Crippen LogP contribution < -0.4 is 16.0 Å². The van der Waals surface area contributed by atoms with Crippen molar-refractivity contribution < 1.29 is 9.47 Å². The summed E-state index contributed by atoms with van der Waals surface area (Å²) in [4.78, 5) is 0. The molecular formula is C15H24N2O2. The van der Waals surface area contributed by atoms with Gasteiger partial charge in [0, 0.05) is 12.6 Å². The molecule has 0 aromatic heterocycles. The lowest BCUT2D eigenvalue weighted by atomic mass is 9.99. The monoisotopic (exact) mass is 264 g/mol. The van der Waals surface area contributed by atoms with Crippen molar-refractivity contribution in [2.75, 3.05) is 13.7 Å². The van der Waals surface area contributed by atoms with Crippen LogP contribution in [-0.4, -0.2) is 19.8 Å². The third kappa shape index (κ3) is 4.20. The van der Waals surface area contributed by atoms with Crippen LogP contribution in [0.5, 0.6) is 5.75 Å². The summed E-state index contributed by atoms with van der Waals surface area (Å²) in [5, 5.41) is 0. The Morgan fingerprint density at radius 2 is 2.42 bits per heavy atom. The quantitative estimate of drug-likeness (QED) is 0.587. The van der Waals surface area contributed by atoms with Crippen molar-refractivity contribution in [2.45, 2.75) is 44.2 Å². The van der Waals surface area contributed by atoms with Crippen molar-refractivity contribution in [1.29, 1.82) is 0 Å². The number of hydrogen-bond acceptors (Lipinski definition) is 4. The highest BCUT2D eigenvalue weighted by Crippen LogP contribution is 2.24. The van der Waals surface area contributed by atoms with Gasteiger partial charge in [0.05, 0.1) is 13.2 Å². The molecule has 4 heteroatoms. The number of nitrogens with one attached hydrogen (secondary N) is 1. The molecule has 0 saturated carbocycles. The largest absolute Gasteiger partial charge is 0.497 e. The summed E-state index contributed by atoms with van der Waals surface area (Å²) in [7, 11) is 1.68. The molecule has 2 unspecified atom stereocenters. The Balaban J connectivity index is 1.84. The molecule has 3 N–H and O–H groups in total. The highest BCUT2D eigenvalue weighted by Gasteiger charge is 2.16. The van der Waals surface area contributed by atoms with Crippen LogP contribution in [-0.2, 0) is 4.74 Å². The molecule has 1 aliphatic rings. The van der Waals surface area contributed by atoms with E-state index in [4.69, 9.17) is 15.3 Å². The molecular weight excluding hydrogens is 240 g/mol. The zero-order chi connectivity index (χ0) is 13.5. The average molecular weight is 264 g/mol. The molecule has 2 atom stereocenters. The molecule has 1 saturated heterocycles. The molecule has 0 bridgehead atoms. The number of methoxy groups -OCH3 is 1. The predicted octanol–water partition coefficient (Wildman–Crippen LogP) is 2.55. The first-order valence-corrected chi connectivity index (χ1v) is 7.05. The first kappa shape index (κ1) is 14.3. The maximum atomic E-state index is 5.67. The molecule has 0 aliphatic carbocycles. The Bertz CT molecular complexity index is 378. The van der Waals surface area contributed by atoms with Gasteiger partial charge in [0.1, 0.15) is 5.75 Å². The number of benzene rings is 1. The van der Waals surface area contributed by atoms with Gasteiger partial charge in [-0.25, -0.2) is 0 Å². The summed E-state index contributed by atoms with van der Waals surface area (Å²) in [6.45, 7) is 0.930. The zero-order valence-electron chi connectivity index (χ0n) is 11.6. The number of rotatable bonds is 7. The minimum absolute atomic E-state index is 0.177. The SMILES string of the molecule is COc1cccc(C(CCCC2CCCO2)NN)c1. The first-order valence-electron chi connectivity index (χ1n) is 7.05. The van der Waals surface area contributed by atoms with Gasteiger partial charge in [0.2, 0.25) is 0 Å². The van der Waals surface area contributed by atoms with Crippen molar-refractivity contribution >= 4 is 0 Å². The zero-order valence-corrected chi connectivity index (χ0v) is 11.6. The second kappa shape index (κ2) is 7.48. The highest BCUT2D eigenvalue weighted by atomic mass is 16.5. The Hall–Kier alpha value is -1.10. The lowest BCUT2D eigenvalue weighted by Crippen LogP contribution is -2.28. The van der Waals surface area contributed by atoms with Gasteiger partial charge in [0.15, 0.2) is 0 Å². The molecule has 106 valence electrons. The summed E-state index contributed by atoms with van der Waals surface area (Å²) >= 11 is 0. The molecule has 0 amide bonds. The van der Waals surface area contributed by atoms with Crippen LogP contribution in [0.1, 0.15) is 43.7 Å². The molecule has 19 heavy (non-hydrogen) atoms. The van der Waals surface area contributed by atoms with Gasteiger partial charge in [0.25, 0.3) is 0 Å². The van der Waals surface area contributed by atoms with Crippen molar-refractivity contribution in [3.05, 3.63) is 29.8 Å². The number of hydrazine groups is 1. The number of ether oxygens (including phenoxy) is 2. The summed E-state index contributed by atoms with van der Waals surface area (Å²) in [5.41, 5.74) is 4.07. The minimum atomic E-state index is 0.177. The van der Waals surface area contributed by atoms with Crippen molar-refractivity contribution in [1.82, 2.24) is 5.43 Å². The van der Waals surface area contributed by atoms with Crippen molar-refractivity contribution in [3.8, 4) is 5.75 Å². The summed E-state index contributed by atoms with van der Waals surface area (Å²) in [6, 6.07) is 8.24. The molecule has 1 aromatic rings. The molecule has 4 nitrogen and oxygen atoms in total. The lowest BCUT2D eigenvalue weighted by molar-refractivity contribution is 0.101. The van der Waals surface area contributed by atoms with E-state index in [0.29, 0.717) is 6.10 Å². The van der Waals surface area contributed by atoms with Crippen LogP contribution in [0.2, 0.25) is 0 Å². The van der Waals surface area contributed by atoms with Crippen LogP contribution in [0, 0.1) is 0 Å². The van der Waals surface area contributed by atoms with Gasteiger partial charge >= 0.3 is 0 Å². The molecule has 1 aliphatic heterocycles. The maximum absolute atomic E-state index is 5.67. The van der Waals surface area contributed by atoms with E-state index in [-0.39, 0.29) is 6.04 Å². The standard InChI is InChI=1S/C15H24N2O2/c1-18-14-7-2-5-12(11-14)15(17-16)9-3-6-13-8-4-10-19-13/h2,5,7,11,13,15,17H,3-4,6,8-10,16H2,1H3.